The van der Waals surface area contributed by atoms with Gasteiger partial charge in [0.15, 0.2) is 0 Å². The van der Waals surface area contributed by atoms with Crippen LogP contribution in [0.1, 0.15) is 31.9 Å². The Morgan fingerprint density at radius 3 is 2.73 bits per heavy atom. The zero-order chi connectivity index (χ0) is 10.7. The Labute approximate surface area is 91.5 Å². The number of aryl methyl sites for hydroxylation is 1. The molecule has 1 aromatic heterocycles. The van der Waals surface area contributed by atoms with E-state index in [0.29, 0.717) is 0 Å². The van der Waals surface area contributed by atoms with Gasteiger partial charge in [0.05, 0.1) is 0 Å². The van der Waals surface area contributed by atoms with E-state index in [2.05, 4.69) is 21.8 Å². The van der Waals surface area contributed by atoms with E-state index < -0.39 is 0 Å². The highest BCUT2D eigenvalue weighted by molar-refractivity contribution is 5.30. The molecule has 1 aliphatic rings. The minimum Gasteiger partial charge on any atom is -0.341 e. The highest BCUT2D eigenvalue weighted by Gasteiger charge is 2.19. The van der Waals surface area contributed by atoms with Crippen LogP contribution in [0, 0.1) is 12.8 Å². The Morgan fingerprint density at radius 2 is 2.13 bits per heavy atom. The van der Waals surface area contributed by atoms with Crippen LogP contribution >= 0.6 is 0 Å². The van der Waals surface area contributed by atoms with Crippen molar-refractivity contribution in [1.29, 1.82) is 0 Å². The largest absolute Gasteiger partial charge is 0.341 e. The molecule has 0 saturated carbocycles. The lowest BCUT2D eigenvalue weighted by atomic mass is 9.95. The summed E-state index contributed by atoms with van der Waals surface area (Å²) in [5, 5.41) is 0. The van der Waals surface area contributed by atoms with Crippen LogP contribution in [0.5, 0.6) is 0 Å². The zero-order valence-electron chi connectivity index (χ0n) is 9.61. The summed E-state index contributed by atoms with van der Waals surface area (Å²) < 4.78 is 0. The predicted molar refractivity (Wildman–Crippen MR) is 62.0 cm³/mol. The molecule has 0 unspecified atom stereocenters. The van der Waals surface area contributed by atoms with E-state index >= 15 is 0 Å². The van der Waals surface area contributed by atoms with Crippen molar-refractivity contribution in [2.45, 2.75) is 33.1 Å². The molecule has 0 aliphatic carbocycles. The second kappa shape index (κ2) is 4.60. The van der Waals surface area contributed by atoms with Gasteiger partial charge in [-0.25, -0.2) is 9.97 Å². The molecule has 2 rings (SSSR count). The topological polar surface area (TPSA) is 29.0 Å². The number of anilines is 1. The maximum absolute atomic E-state index is 4.46. The standard InChI is InChI=1S/C12H19N3/c1-3-11-5-8-15(9-6-11)12-13-7-4-10(2)14-12/h4,7,11H,3,5-6,8-9H2,1-2H3. The lowest BCUT2D eigenvalue weighted by molar-refractivity contribution is 0.392. The van der Waals surface area contributed by atoms with Crippen molar-refractivity contribution in [2.24, 2.45) is 5.92 Å². The molecule has 0 N–H and O–H groups in total. The number of hydrogen-bond acceptors (Lipinski definition) is 3. The van der Waals surface area contributed by atoms with Gasteiger partial charge in [0.25, 0.3) is 0 Å². The lowest BCUT2D eigenvalue weighted by Gasteiger charge is -2.31. The molecule has 0 atom stereocenters. The smallest absolute Gasteiger partial charge is 0.225 e. The van der Waals surface area contributed by atoms with Crippen molar-refractivity contribution in [3.05, 3.63) is 18.0 Å². The maximum atomic E-state index is 4.46. The van der Waals surface area contributed by atoms with Crippen molar-refractivity contribution in [3.8, 4) is 0 Å². The number of aromatic nitrogens is 2. The third kappa shape index (κ3) is 2.46. The zero-order valence-corrected chi connectivity index (χ0v) is 9.61. The number of hydrogen-bond donors (Lipinski definition) is 0. The van der Waals surface area contributed by atoms with E-state index in [0.717, 1.165) is 30.6 Å². The molecule has 82 valence electrons. The molecule has 1 aliphatic heterocycles. The predicted octanol–water partition coefficient (Wildman–Crippen LogP) is 2.41. The average molecular weight is 205 g/mol. The van der Waals surface area contributed by atoms with Gasteiger partial charge in [-0.15, -0.1) is 0 Å². The van der Waals surface area contributed by atoms with Gasteiger partial charge in [-0.3, -0.25) is 0 Å². The number of rotatable bonds is 2. The molecular weight excluding hydrogens is 186 g/mol. The van der Waals surface area contributed by atoms with Crippen LogP contribution in [0.2, 0.25) is 0 Å². The van der Waals surface area contributed by atoms with Crippen molar-refractivity contribution in [2.75, 3.05) is 18.0 Å². The highest BCUT2D eigenvalue weighted by atomic mass is 15.2. The van der Waals surface area contributed by atoms with Crippen LogP contribution in [0.4, 0.5) is 5.95 Å². The Bertz CT molecular complexity index is 316. The molecule has 15 heavy (non-hydrogen) atoms. The number of piperidine rings is 1. The van der Waals surface area contributed by atoms with Crippen LogP contribution in [0.15, 0.2) is 12.3 Å². The Morgan fingerprint density at radius 1 is 1.40 bits per heavy atom. The molecule has 0 bridgehead atoms. The van der Waals surface area contributed by atoms with Crippen molar-refractivity contribution < 1.29 is 0 Å². The van der Waals surface area contributed by atoms with Crippen LogP contribution in [0.25, 0.3) is 0 Å². The Hall–Kier alpha value is -1.12. The fraction of sp³-hybridized carbons (Fsp3) is 0.667. The normalized spacial score (nSPS) is 18.1. The minimum atomic E-state index is 0.907. The molecule has 0 aromatic carbocycles. The summed E-state index contributed by atoms with van der Waals surface area (Å²) in [6.07, 6.45) is 5.73. The van der Waals surface area contributed by atoms with Gasteiger partial charge in [0.1, 0.15) is 0 Å². The molecule has 0 radical (unpaired) electrons. The summed E-state index contributed by atoms with van der Waals surface area (Å²) in [5.41, 5.74) is 1.05. The van der Waals surface area contributed by atoms with Gasteiger partial charge in [-0.05, 0) is 31.7 Å². The summed E-state index contributed by atoms with van der Waals surface area (Å²) in [7, 11) is 0. The maximum Gasteiger partial charge on any atom is 0.225 e. The van der Waals surface area contributed by atoms with Gasteiger partial charge >= 0.3 is 0 Å². The van der Waals surface area contributed by atoms with Crippen molar-refractivity contribution >= 4 is 5.95 Å². The molecule has 3 nitrogen and oxygen atoms in total. The molecule has 2 heterocycles. The third-order valence-corrected chi connectivity index (χ3v) is 3.26. The molecule has 0 amide bonds. The molecule has 1 aromatic rings. The Kier molecular flexibility index (Phi) is 3.19. The van der Waals surface area contributed by atoms with Crippen molar-refractivity contribution in [3.63, 3.8) is 0 Å². The first kappa shape index (κ1) is 10.4. The van der Waals surface area contributed by atoms with Gasteiger partial charge in [0.2, 0.25) is 5.95 Å². The fourth-order valence-electron chi connectivity index (χ4n) is 2.13. The minimum absolute atomic E-state index is 0.907. The second-order valence-corrected chi connectivity index (χ2v) is 4.34. The van der Waals surface area contributed by atoms with Crippen LogP contribution in [0.3, 0.4) is 0 Å². The Balaban J connectivity index is 2.01. The SMILES string of the molecule is CCC1CCN(c2nccc(C)n2)CC1. The third-order valence-electron chi connectivity index (χ3n) is 3.26. The monoisotopic (exact) mass is 205 g/mol. The van der Waals surface area contributed by atoms with Gasteiger partial charge in [-0.2, -0.15) is 0 Å². The highest BCUT2D eigenvalue weighted by Crippen LogP contribution is 2.22. The summed E-state index contributed by atoms with van der Waals surface area (Å²) >= 11 is 0. The first-order valence-corrected chi connectivity index (χ1v) is 5.84. The molecule has 1 fully saturated rings. The summed E-state index contributed by atoms with van der Waals surface area (Å²) in [4.78, 5) is 11.1. The van der Waals surface area contributed by atoms with Gasteiger partial charge in [0, 0.05) is 25.0 Å². The van der Waals surface area contributed by atoms with E-state index in [-0.39, 0.29) is 0 Å². The molecular formula is C12H19N3. The first-order chi connectivity index (χ1) is 7.29. The van der Waals surface area contributed by atoms with E-state index in [1.807, 2.05) is 19.2 Å². The lowest BCUT2D eigenvalue weighted by Crippen LogP contribution is -2.34. The van der Waals surface area contributed by atoms with Gasteiger partial charge < -0.3 is 4.90 Å². The summed E-state index contributed by atoms with van der Waals surface area (Å²) in [6.45, 7) is 6.53. The molecule has 1 saturated heterocycles. The van der Waals surface area contributed by atoms with Crippen LogP contribution < -0.4 is 4.90 Å². The molecule has 3 heteroatoms. The van der Waals surface area contributed by atoms with Crippen molar-refractivity contribution in [1.82, 2.24) is 9.97 Å². The fourth-order valence-corrected chi connectivity index (χ4v) is 2.13. The second-order valence-electron chi connectivity index (χ2n) is 4.34. The molecule has 0 spiro atoms. The van der Waals surface area contributed by atoms with E-state index in [4.69, 9.17) is 0 Å². The number of nitrogens with zero attached hydrogens (tertiary/aromatic N) is 3. The van der Waals surface area contributed by atoms with Crippen LogP contribution in [-0.4, -0.2) is 23.1 Å². The first-order valence-electron chi connectivity index (χ1n) is 5.84. The van der Waals surface area contributed by atoms with Gasteiger partial charge in [-0.1, -0.05) is 13.3 Å². The summed E-state index contributed by atoms with van der Waals surface area (Å²) in [6, 6.07) is 1.95. The summed E-state index contributed by atoms with van der Waals surface area (Å²) in [5.74, 6) is 1.82. The van der Waals surface area contributed by atoms with E-state index in [1.54, 1.807) is 0 Å². The van der Waals surface area contributed by atoms with E-state index in [1.165, 1.54) is 19.3 Å². The quantitative estimate of drug-likeness (QED) is 0.742. The average Bonchev–Trinajstić information content (AvgIpc) is 2.29. The van der Waals surface area contributed by atoms with Crippen LogP contribution in [-0.2, 0) is 0 Å². The van der Waals surface area contributed by atoms with E-state index in [9.17, 15) is 0 Å².